The van der Waals surface area contributed by atoms with E-state index in [0.29, 0.717) is 5.75 Å². The predicted molar refractivity (Wildman–Crippen MR) is 90.3 cm³/mol. The third-order valence-corrected chi connectivity index (χ3v) is 4.87. The summed E-state index contributed by atoms with van der Waals surface area (Å²) in [6, 6.07) is 7.02. The van der Waals surface area contributed by atoms with Gasteiger partial charge in [-0.2, -0.15) is 0 Å². The number of hydrogen-bond acceptors (Lipinski definition) is 5. The lowest BCUT2D eigenvalue weighted by atomic mass is 10.1. The first kappa shape index (κ1) is 17.0. The fourth-order valence-corrected chi connectivity index (χ4v) is 3.53. The lowest BCUT2D eigenvalue weighted by Gasteiger charge is -2.30. The minimum atomic E-state index is -0.681. The summed E-state index contributed by atoms with van der Waals surface area (Å²) in [4.78, 5) is 14.4. The van der Waals surface area contributed by atoms with Gasteiger partial charge in [-0.05, 0) is 56.5 Å². The Bertz CT molecular complexity index is 542. The molecule has 3 rings (SSSR count). The molecule has 1 aromatic carbocycles. The van der Waals surface area contributed by atoms with Crippen molar-refractivity contribution in [2.24, 2.45) is 0 Å². The third kappa shape index (κ3) is 3.82. The molecule has 0 radical (unpaired) electrons. The maximum absolute atomic E-state index is 12.6. The standard InChI is InChI=1S/C18H26N2O4/c1-23-13-6-8-14(9-7-13)24-12-17(21)16-5-3-11-20(16)18(22)15-4-2-10-19-15/h6-9,15-17,19,21H,2-5,10-12H2,1H3/t15-,16+,17?/m1/s1. The van der Waals surface area contributed by atoms with Gasteiger partial charge in [0.1, 0.15) is 24.2 Å². The fraction of sp³-hybridized carbons (Fsp3) is 0.611. The van der Waals surface area contributed by atoms with Crippen LogP contribution in [0.15, 0.2) is 24.3 Å². The molecule has 2 aliphatic heterocycles. The first-order valence-electron chi connectivity index (χ1n) is 8.68. The molecular formula is C18H26N2O4. The molecule has 2 fully saturated rings. The Morgan fingerprint density at radius 1 is 1.29 bits per heavy atom. The molecule has 0 saturated carbocycles. The normalized spacial score (nSPS) is 24.8. The topological polar surface area (TPSA) is 71.0 Å². The SMILES string of the molecule is COc1ccc(OCC(O)[C@@H]2CCCN2C(=O)[C@H]2CCCN2)cc1. The van der Waals surface area contributed by atoms with Crippen LogP contribution in [0.1, 0.15) is 25.7 Å². The van der Waals surface area contributed by atoms with Crippen LogP contribution in [-0.4, -0.2) is 60.9 Å². The predicted octanol–water partition coefficient (Wildman–Crippen LogP) is 1.18. The average Bonchev–Trinajstić information content (AvgIpc) is 3.31. The van der Waals surface area contributed by atoms with Crippen molar-refractivity contribution >= 4 is 5.91 Å². The first-order chi connectivity index (χ1) is 11.7. The number of amides is 1. The summed E-state index contributed by atoms with van der Waals surface area (Å²) >= 11 is 0. The van der Waals surface area contributed by atoms with Crippen LogP contribution in [0.5, 0.6) is 11.5 Å². The number of aliphatic hydroxyl groups excluding tert-OH is 1. The molecule has 0 spiro atoms. The van der Waals surface area contributed by atoms with Crippen molar-refractivity contribution in [3.8, 4) is 11.5 Å². The zero-order valence-electron chi connectivity index (χ0n) is 14.1. The number of carbonyl (C=O) groups is 1. The maximum Gasteiger partial charge on any atom is 0.240 e. The largest absolute Gasteiger partial charge is 0.497 e. The molecule has 132 valence electrons. The van der Waals surface area contributed by atoms with Gasteiger partial charge in [-0.1, -0.05) is 0 Å². The summed E-state index contributed by atoms with van der Waals surface area (Å²) < 4.78 is 10.8. The molecule has 1 unspecified atom stereocenters. The van der Waals surface area contributed by atoms with E-state index < -0.39 is 6.10 Å². The number of carbonyl (C=O) groups excluding carboxylic acids is 1. The maximum atomic E-state index is 12.6. The van der Waals surface area contributed by atoms with Gasteiger partial charge in [0, 0.05) is 6.54 Å². The number of benzene rings is 1. The van der Waals surface area contributed by atoms with E-state index in [9.17, 15) is 9.90 Å². The summed E-state index contributed by atoms with van der Waals surface area (Å²) in [6.07, 6.45) is 3.01. The Kier molecular flexibility index (Phi) is 5.58. The second-order valence-electron chi connectivity index (χ2n) is 6.44. The molecular weight excluding hydrogens is 308 g/mol. The molecule has 2 aliphatic rings. The lowest BCUT2D eigenvalue weighted by Crippen LogP contribution is -2.50. The zero-order valence-corrected chi connectivity index (χ0v) is 14.1. The Hall–Kier alpha value is -1.79. The Labute approximate surface area is 142 Å². The molecule has 1 amide bonds. The van der Waals surface area contributed by atoms with Crippen LogP contribution in [0, 0.1) is 0 Å². The third-order valence-electron chi connectivity index (χ3n) is 4.87. The number of ether oxygens (including phenoxy) is 2. The van der Waals surface area contributed by atoms with E-state index in [-0.39, 0.29) is 24.6 Å². The van der Waals surface area contributed by atoms with E-state index in [2.05, 4.69) is 5.32 Å². The molecule has 6 nitrogen and oxygen atoms in total. The summed E-state index contributed by atoms with van der Waals surface area (Å²) in [6.45, 7) is 1.80. The van der Waals surface area contributed by atoms with Crippen molar-refractivity contribution in [1.29, 1.82) is 0 Å². The van der Waals surface area contributed by atoms with E-state index in [4.69, 9.17) is 9.47 Å². The highest BCUT2D eigenvalue weighted by molar-refractivity contribution is 5.82. The van der Waals surface area contributed by atoms with Crippen LogP contribution in [-0.2, 0) is 4.79 Å². The molecule has 3 atom stereocenters. The number of nitrogens with zero attached hydrogens (tertiary/aromatic N) is 1. The Balaban J connectivity index is 1.54. The summed E-state index contributed by atoms with van der Waals surface area (Å²) in [7, 11) is 1.62. The van der Waals surface area contributed by atoms with Gasteiger partial charge in [-0.25, -0.2) is 0 Å². The van der Waals surface area contributed by atoms with E-state index >= 15 is 0 Å². The second kappa shape index (κ2) is 7.85. The number of aliphatic hydroxyl groups is 1. The minimum absolute atomic E-state index is 0.0830. The van der Waals surface area contributed by atoms with Gasteiger partial charge < -0.3 is 24.8 Å². The van der Waals surface area contributed by atoms with Crippen molar-refractivity contribution in [1.82, 2.24) is 10.2 Å². The van der Waals surface area contributed by atoms with Gasteiger partial charge in [0.05, 0.1) is 19.2 Å². The van der Waals surface area contributed by atoms with Crippen LogP contribution in [0.3, 0.4) is 0 Å². The minimum Gasteiger partial charge on any atom is -0.497 e. The number of nitrogens with one attached hydrogen (secondary N) is 1. The number of hydrogen-bond donors (Lipinski definition) is 2. The van der Waals surface area contributed by atoms with Gasteiger partial charge in [-0.15, -0.1) is 0 Å². The molecule has 6 heteroatoms. The van der Waals surface area contributed by atoms with Gasteiger partial charge in [0.2, 0.25) is 5.91 Å². The molecule has 2 N–H and O–H groups in total. The van der Waals surface area contributed by atoms with Crippen LogP contribution in [0.25, 0.3) is 0 Å². The van der Waals surface area contributed by atoms with Crippen LogP contribution in [0.4, 0.5) is 0 Å². The Morgan fingerprint density at radius 2 is 2.04 bits per heavy atom. The number of methoxy groups -OCH3 is 1. The zero-order chi connectivity index (χ0) is 16.9. The summed E-state index contributed by atoms with van der Waals surface area (Å²) in [5.74, 6) is 1.57. The van der Waals surface area contributed by atoms with Crippen molar-refractivity contribution in [2.45, 2.75) is 43.9 Å². The van der Waals surface area contributed by atoms with Gasteiger partial charge in [0.25, 0.3) is 0 Å². The molecule has 2 heterocycles. The van der Waals surface area contributed by atoms with Crippen molar-refractivity contribution in [3.05, 3.63) is 24.3 Å². The molecule has 24 heavy (non-hydrogen) atoms. The van der Waals surface area contributed by atoms with Gasteiger partial charge >= 0.3 is 0 Å². The van der Waals surface area contributed by atoms with E-state index in [0.717, 1.165) is 44.5 Å². The second-order valence-corrected chi connectivity index (χ2v) is 6.44. The van der Waals surface area contributed by atoms with Crippen molar-refractivity contribution < 1.29 is 19.4 Å². The molecule has 1 aromatic rings. The highest BCUT2D eigenvalue weighted by Gasteiger charge is 2.37. The molecule has 2 saturated heterocycles. The van der Waals surface area contributed by atoms with Crippen LogP contribution >= 0.6 is 0 Å². The number of rotatable bonds is 6. The number of likely N-dealkylation sites (tertiary alicyclic amines) is 1. The van der Waals surface area contributed by atoms with Crippen molar-refractivity contribution in [2.75, 3.05) is 26.8 Å². The van der Waals surface area contributed by atoms with Crippen LogP contribution < -0.4 is 14.8 Å². The molecule has 0 aromatic heterocycles. The highest BCUT2D eigenvalue weighted by atomic mass is 16.5. The van der Waals surface area contributed by atoms with E-state index in [1.807, 2.05) is 29.2 Å². The van der Waals surface area contributed by atoms with Gasteiger partial charge in [0.15, 0.2) is 0 Å². The summed E-state index contributed by atoms with van der Waals surface area (Å²) in [5, 5.41) is 13.8. The lowest BCUT2D eigenvalue weighted by molar-refractivity contribution is -0.136. The molecule has 0 bridgehead atoms. The average molecular weight is 334 g/mol. The summed E-state index contributed by atoms with van der Waals surface area (Å²) in [5.41, 5.74) is 0. The van der Waals surface area contributed by atoms with Crippen molar-refractivity contribution in [3.63, 3.8) is 0 Å². The van der Waals surface area contributed by atoms with E-state index in [1.54, 1.807) is 7.11 Å². The Morgan fingerprint density at radius 3 is 2.71 bits per heavy atom. The fourth-order valence-electron chi connectivity index (χ4n) is 3.53. The molecule has 0 aliphatic carbocycles. The quantitative estimate of drug-likeness (QED) is 0.817. The highest BCUT2D eigenvalue weighted by Crippen LogP contribution is 2.24. The first-order valence-corrected chi connectivity index (χ1v) is 8.68. The van der Waals surface area contributed by atoms with E-state index in [1.165, 1.54) is 0 Å². The smallest absolute Gasteiger partial charge is 0.240 e. The monoisotopic (exact) mass is 334 g/mol. The van der Waals surface area contributed by atoms with Gasteiger partial charge in [-0.3, -0.25) is 4.79 Å². The van der Waals surface area contributed by atoms with Crippen LogP contribution in [0.2, 0.25) is 0 Å².